The Hall–Kier alpha value is -0.870. The van der Waals surface area contributed by atoms with Gasteiger partial charge in [0.15, 0.2) is 9.84 Å². The topological polar surface area (TPSA) is 46.2 Å². The summed E-state index contributed by atoms with van der Waals surface area (Å²) < 4.78 is 22.9. The summed E-state index contributed by atoms with van der Waals surface area (Å²) in [6, 6.07) is 4.51. The molecule has 1 N–H and O–H groups in total. The highest BCUT2D eigenvalue weighted by atomic mass is 32.2. The van der Waals surface area contributed by atoms with Crippen LogP contribution in [-0.2, 0) is 9.84 Å². The Morgan fingerprint density at radius 3 is 2.16 bits per heavy atom. The van der Waals surface area contributed by atoms with Gasteiger partial charge in [-0.15, -0.1) is 0 Å². The lowest BCUT2D eigenvalue weighted by molar-refractivity contribution is 0.570. The van der Waals surface area contributed by atoms with E-state index in [9.17, 15) is 8.42 Å². The standard InChI is InChI=1S/C15H25NO2S/c1-6-19(17,18)8-7-16-14(5)15-12(3)9-11(2)10-13(15)4/h9-10,14,16H,6-8H2,1-5H3. The minimum Gasteiger partial charge on any atom is -0.309 e. The predicted molar refractivity (Wildman–Crippen MR) is 81.4 cm³/mol. The third-order valence-electron chi connectivity index (χ3n) is 3.47. The highest BCUT2D eigenvalue weighted by molar-refractivity contribution is 7.91. The Morgan fingerprint density at radius 1 is 1.16 bits per heavy atom. The van der Waals surface area contributed by atoms with Crippen LogP contribution in [0.5, 0.6) is 0 Å². The first-order valence-corrected chi connectivity index (χ1v) is 8.60. The smallest absolute Gasteiger partial charge is 0.151 e. The molecule has 0 aliphatic carbocycles. The maximum Gasteiger partial charge on any atom is 0.151 e. The van der Waals surface area contributed by atoms with Gasteiger partial charge in [-0.25, -0.2) is 8.42 Å². The zero-order valence-corrected chi connectivity index (χ0v) is 13.4. The van der Waals surface area contributed by atoms with Crippen molar-refractivity contribution in [1.82, 2.24) is 5.32 Å². The fourth-order valence-corrected chi connectivity index (χ4v) is 3.27. The van der Waals surface area contributed by atoms with E-state index in [1.807, 2.05) is 0 Å². The van der Waals surface area contributed by atoms with Gasteiger partial charge in [0.05, 0.1) is 5.75 Å². The summed E-state index contributed by atoms with van der Waals surface area (Å²) in [6.07, 6.45) is 0. The van der Waals surface area contributed by atoms with Crippen LogP contribution in [0.1, 0.15) is 42.1 Å². The van der Waals surface area contributed by atoms with Crippen LogP contribution in [0.3, 0.4) is 0 Å². The summed E-state index contributed by atoms with van der Waals surface area (Å²) in [6.45, 7) is 10.6. The van der Waals surface area contributed by atoms with Crippen molar-refractivity contribution >= 4 is 9.84 Å². The van der Waals surface area contributed by atoms with Crippen molar-refractivity contribution in [3.8, 4) is 0 Å². The van der Waals surface area contributed by atoms with Crippen LogP contribution >= 0.6 is 0 Å². The van der Waals surface area contributed by atoms with Gasteiger partial charge in [0.25, 0.3) is 0 Å². The van der Waals surface area contributed by atoms with Crippen LogP contribution in [0.2, 0.25) is 0 Å². The maximum absolute atomic E-state index is 11.5. The molecule has 1 atom stereocenters. The van der Waals surface area contributed by atoms with Crippen LogP contribution < -0.4 is 5.32 Å². The molecule has 1 unspecified atom stereocenters. The summed E-state index contributed by atoms with van der Waals surface area (Å²) in [4.78, 5) is 0. The molecule has 0 aliphatic heterocycles. The van der Waals surface area contributed by atoms with Crippen LogP contribution in [0, 0.1) is 20.8 Å². The second-order valence-corrected chi connectivity index (χ2v) is 7.70. The molecule has 0 amide bonds. The lowest BCUT2D eigenvalue weighted by atomic mass is 9.95. The summed E-state index contributed by atoms with van der Waals surface area (Å²) in [5, 5.41) is 3.31. The van der Waals surface area contributed by atoms with Crippen molar-refractivity contribution in [1.29, 1.82) is 0 Å². The average Bonchev–Trinajstić information content (AvgIpc) is 2.27. The molecule has 0 bridgehead atoms. The van der Waals surface area contributed by atoms with E-state index in [1.165, 1.54) is 22.3 Å². The van der Waals surface area contributed by atoms with E-state index in [2.05, 4.69) is 45.1 Å². The minimum atomic E-state index is -2.89. The Morgan fingerprint density at radius 2 is 1.68 bits per heavy atom. The summed E-state index contributed by atoms with van der Waals surface area (Å²) in [5.74, 6) is 0.420. The summed E-state index contributed by atoms with van der Waals surface area (Å²) in [5.41, 5.74) is 5.06. The molecule has 108 valence electrons. The van der Waals surface area contributed by atoms with Gasteiger partial charge in [0.1, 0.15) is 0 Å². The number of hydrogen-bond acceptors (Lipinski definition) is 3. The zero-order chi connectivity index (χ0) is 14.6. The molecule has 4 heteroatoms. The van der Waals surface area contributed by atoms with Gasteiger partial charge >= 0.3 is 0 Å². The summed E-state index contributed by atoms with van der Waals surface area (Å²) >= 11 is 0. The molecule has 0 aromatic heterocycles. The Bertz CT molecular complexity index is 512. The van der Waals surface area contributed by atoms with Gasteiger partial charge in [-0.1, -0.05) is 24.6 Å². The average molecular weight is 283 g/mol. The molecule has 0 fully saturated rings. The van der Waals surface area contributed by atoms with Gasteiger partial charge in [-0.2, -0.15) is 0 Å². The molecule has 0 saturated carbocycles. The van der Waals surface area contributed by atoms with Crippen LogP contribution in [0.15, 0.2) is 12.1 Å². The quantitative estimate of drug-likeness (QED) is 0.873. The molecule has 0 aliphatic rings. The van der Waals surface area contributed by atoms with Gasteiger partial charge in [0, 0.05) is 18.3 Å². The molecule has 1 aromatic rings. The summed E-state index contributed by atoms with van der Waals surface area (Å²) in [7, 11) is -2.89. The Kier molecular flexibility index (Phi) is 5.56. The molecule has 0 heterocycles. The van der Waals surface area contributed by atoms with Crippen LogP contribution in [0.25, 0.3) is 0 Å². The molecule has 0 saturated heterocycles. The van der Waals surface area contributed by atoms with Crippen LogP contribution in [0.4, 0.5) is 0 Å². The highest BCUT2D eigenvalue weighted by Gasteiger charge is 2.13. The van der Waals surface area contributed by atoms with E-state index in [0.29, 0.717) is 6.54 Å². The number of sulfone groups is 1. The molecule has 0 radical (unpaired) electrons. The van der Waals surface area contributed by atoms with Crippen molar-refractivity contribution in [2.75, 3.05) is 18.1 Å². The third-order valence-corrected chi connectivity index (χ3v) is 5.18. The van der Waals surface area contributed by atoms with Crippen molar-refractivity contribution in [2.24, 2.45) is 0 Å². The molecular weight excluding hydrogens is 258 g/mol. The molecule has 1 rings (SSSR count). The van der Waals surface area contributed by atoms with Crippen molar-refractivity contribution < 1.29 is 8.42 Å². The number of nitrogens with one attached hydrogen (secondary N) is 1. The molecular formula is C15H25NO2S. The van der Waals surface area contributed by atoms with E-state index in [-0.39, 0.29) is 17.5 Å². The monoisotopic (exact) mass is 283 g/mol. The van der Waals surface area contributed by atoms with Gasteiger partial charge in [-0.3, -0.25) is 0 Å². The van der Waals surface area contributed by atoms with Crippen molar-refractivity contribution in [3.63, 3.8) is 0 Å². The lowest BCUT2D eigenvalue weighted by Crippen LogP contribution is -2.27. The Balaban J connectivity index is 2.72. The fraction of sp³-hybridized carbons (Fsp3) is 0.600. The molecule has 1 aromatic carbocycles. The van der Waals surface area contributed by atoms with E-state index >= 15 is 0 Å². The van der Waals surface area contributed by atoms with Crippen molar-refractivity contribution in [3.05, 3.63) is 34.4 Å². The first-order valence-electron chi connectivity index (χ1n) is 6.78. The van der Waals surface area contributed by atoms with E-state index in [4.69, 9.17) is 0 Å². The first kappa shape index (κ1) is 16.2. The number of rotatable bonds is 6. The minimum absolute atomic E-state index is 0.174. The van der Waals surface area contributed by atoms with E-state index in [1.54, 1.807) is 6.92 Å². The SMILES string of the molecule is CCS(=O)(=O)CCNC(C)c1c(C)cc(C)cc1C. The second kappa shape index (κ2) is 6.53. The van der Waals surface area contributed by atoms with Crippen LogP contribution in [-0.4, -0.2) is 26.5 Å². The number of aryl methyl sites for hydroxylation is 3. The second-order valence-electron chi connectivity index (χ2n) is 5.22. The lowest BCUT2D eigenvalue weighted by Gasteiger charge is -2.19. The van der Waals surface area contributed by atoms with Gasteiger partial charge in [0.2, 0.25) is 0 Å². The Labute approximate surface area is 117 Å². The maximum atomic E-state index is 11.5. The van der Waals surface area contributed by atoms with Gasteiger partial charge < -0.3 is 5.32 Å². The normalized spacial score (nSPS) is 13.5. The molecule has 19 heavy (non-hydrogen) atoms. The molecule has 0 spiro atoms. The van der Waals surface area contributed by atoms with E-state index in [0.717, 1.165) is 0 Å². The molecule has 3 nitrogen and oxygen atoms in total. The largest absolute Gasteiger partial charge is 0.309 e. The third kappa shape index (κ3) is 4.62. The highest BCUT2D eigenvalue weighted by Crippen LogP contribution is 2.23. The predicted octanol–water partition coefficient (Wildman–Crippen LogP) is 2.70. The van der Waals surface area contributed by atoms with Gasteiger partial charge in [-0.05, 0) is 44.4 Å². The van der Waals surface area contributed by atoms with E-state index < -0.39 is 9.84 Å². The number of benzene rings is 1. The van der Waals surface area contributed by atoms with Crippen molar-refractivity contribution in [2.45, 2.75) is 40.7 Å². The first-order chi connectivity index (χ1) is 8.76. The zero-order valence-electron chi connectivity index (χ0n) is 12.6. The fourth-order valence-electron chi connectivity index (χ4n) is 2.55. The number of hydrogen-bond donors (Lipinski definition) is 1.